The molecule has 0 spiro atoms. The summed E-state index contributed by atoms with van der Waals surface area (Å²) in [6.07, 6.45) is 4.26. The number of carbonyl (C=O) groups is 1. The number of benzene rings is 1. The van der Waals surface area contributed by atoms with E-state index in [9.17, 15) is 4.79 Å². The smallest absolute Gasteiger partial charge is 0.241 e. The second-order valence-electron chi connectivity index (χ2n) is 9.09. The van der Waals surface area contributed by atoms with E-state index in [1.807, 2.05) is 24.3 Å². The van der Waals surface area contributed by atoms with Gasteiger partial charge in [-0.3, -0.25) is 9.69 Å². The van der Waals surface area contributed by atoms with Gasteiger partial charge in [0.2, 0.25) is 17.6 Å². The van der Waals surface area contributed by atoms with Crippen LogP contribution in [0.3, 0.4) is 0 Å². The maximum Gasteiger partial charge on any atom is 0.241 e. The molecule has 2 aliphatic rings. The standard InChI is InChI=1S/C22H29ClN4O2/c1-22(2)10-6-12-27(15-22)21(28)16-7-5-11-26(13-16)14-19-24-20(25-29-19)17-8-3-4-9-18(17)23/h3-4,8-9,16H,5-7,10-15H2,1-2H3. The predicted octanol–water partition coefficient (Wildman–Crippen LogP) is 4.25. The fourth-order valence-corrected chi connectivity index (χ4v) is 4.75. The molecule has 0 saturated carbocycles. The zero-order chi connectivity index (χ0) is 20.4. The third kappa shape index (κ3) is 4.81. The highest BCUT2D eigenvalue weighted by atomic mass is 35.5. The fourth-order valence-electron chi connectivity index (χ4n) is 4.53. The number of hydrogen-bond acceptors (Lipinski definition) is 5. The predicted molar refractivity (Wildman–Crippen MR) is 112 cm³/mol. The van der Waals surface area contributed by atoms with Crippen molar-refractivity contribution < 1.29 is 9.32 Å². The Labute approximate surface area is 177 Å². The molecule has 7 heteroatoms. The summed E-state index contributed by atoms with van der Waals surface area (Å²) in [4.78, 5) is 22.0. The van der Waals surface area contributed by atoms with Gasteiger partial charge >= 0.3 is 0 Å². The van der Waals surface area contributed by atoms with Gasteiger partial charge in [-0.2, -0.15) is 4.98 Å². The van der Waals surface area contributed by atoms with E-state index >= 15 is 0 Å². The number of nitrogens with zero attached hydrogens (tertiary/aromatic N) is 4. The second kappa shape index (κ2) is 8.44. The molecule has 2 aromatic rings. The molecule has 0 N–H and O–H groups in total. The van der Waals surface area contributed by atoms with Crippen LogP contribution < -0.4 is 0 Å². The Kier molecular flexibility index (Phi) is 5.93. The number of amides is 1. The minimum atomic E-state index is 0.0589. The first-order chi connectivity index (χ1) is 13.9. The molecule has 1 atom stereocenters. The first-order valence-corrected chi connectivity index (χ1v) is 10.9. The molecular formula is C22H29ClN4O2. The van der Waals surface area contributed by atoms with Crippen LogP contribution in [0.25, 0.3) is 11.4 Å². The van der Waals surface area contributed by atoms with Gasteiger partial charge in [0.05, 0.1) is 17.5 Å². The summed E-state index contributed by atoms with van der Waals surface area (Å²) in [6.45, 7) is 8.53. The summed E-state index contributed by atoms with van der Waals surface area (Å²) in [5, 5.41) is 4.69. The third-order valence-electron chi connectivity index (χ3n) is 6.01. The Hall–Kier alpha value is -1.92. The lowest BCUT2D eigenvalue weighted by Crippen LogP contribution is -2.49. The zero-order valence-electron chi connectivity index (χ0n) is 17.2. The summed E-state index contributed by atoms with van der Waals surface area (Å²) < 4.78 is 5.46. The normalized spacial score (nSPS) is 22.6. The Morgan fingerprint density at radius 1 is 1.28 bits per heavy atom. The van der Waals surface area contributed by atoms with Gasteiger partial charge < -0.3 is 9.42 Å². The van der Waals surface area contributed by atoms with Crippen LogP contribution in [0.4, 0.5) is 0 Å². The van der Waals surface area contributed by atoms with Gasteiger partial charge in [0.1, 0.15) is 0 Å². The Morgan fingerprint density at radius 3 is 2.90 bits per heavy atom. The average Bonchev–Trinajstić information content (AvgIpc) is 3.15. The molecule has 0 radical (unpaired) electrons. The molecule has 2 fully saturated rings. The highest BCUT2D eigenvalue weighted by Crippen LogP contribution is 2.31. The zero-order valence-corrected chi connectivity index (χ0v) is 18.0. The fraction of sp³-hybridized carbons (Fsp3) is 0.591. The van der Waals surface area contributed by atoms with Crippen LogP contribution in [0.5, 0.6) is 0 Å². The molecular weight excluding hydrogens is 388 g/mol. The Balaban J connectivity index is 1.38. The molecule has 3 heterocycles. The van der Waals surface area contributed by atoms with Crippen LogP contribution in [0, 0.1) is 11.3 Å². The van der Waals surface area contributed by atoms with Gasteiger partial charge in [-0.15, -0.1) is 0 Å². The van der Waals surface area contributed by atoms with E-state index in [1.54, 1.807) is 0 Å². The molecule has 4 rings (SSSR count). The number of carbonyl (C=O) groups excluding carboxylic acids is 1. The van der Waals surface area contributed by atoms with E-state index in [2.05, 4.69) is 33.8 Å². The van der Waals surface area contributed by atoms with Gasteiger partial charge in [0.15, 0.2) is 0 Å². The molecule has 2 aliphatic heterocycles. The topological polar surface area (TPSA) is 62.5 Å². The third-order valence-corrected chi connectivity index (χ3v) is 6.34. The molecule has 0 bridgehead atoms. The molecule has 1 amide bonds. The van der Waals surface area contributed by atoms with Crippen molar-refractivity contribution in [2.45, 2.75) is 46.1 Å². The Morgan fingerprint density at radius 2 is 2.10 bits per heavy atom. The van der Waals surface area contributed by atoms with Gasteiger partial charge in [-0.25, -0.2) is 0 Å². The largest absolute Gasteiger partial charge is 0.342 e. The first kappa shape index (κ1) is 20.4. The van der Waals surface area contributed by atoms with E-state index < -0.39 is 0 Å². The van der Waals surface area contributed by atoms with Crippen molar-refractivity contribution in [3.63, 3.8) is 0 Å². The van der Waals surface area contributed by atoms with Crippen molar-refractivity contribution in [2.24, 2.45) is 11.3 Å². The van der Waals surface area contributed by atoms with E-state index in [-0.39, 0.29) is 11.3 Å². The quantitative estimate of drug-likeness (QED) is 0.745. The number of rotatable bonds is 4. The van der Waals surface area contributed by atoms with Crippen LogP contribution in [-0.4, -0.2) is 52.0 Å². The average molecular weight is 417 g/mol. The second-order valence-corrected chi connectivity index (χ2v) is 9.50. The van der Waals surface area contributed by atoms with Crippen molar-refractivity contribution in [2.75, 3.05) is 26.2 Å². The van der Waals surface area contributed by atoms with Crippen molar-refractivity contribution in [3.8, 4) is 11.4 Å². The summed E-state index contributed by atoms with van der Waals surface area (Å²) in [5.74, 6) is 1.44. The van der Waals surface area contributed by atoms with Crippen molar-refractivity contribution in [1.29, 1.82) is 0 Å². The Bertz CT molecular complexity index is 866. The molecule has 1 unspecified atom stereocenters. The van der Waals surface area contributed by atoms with Gasteiger partial charge in [0, 0.05) is 25.2 Å². The van der Waals surface area contributed by atoms with E-state index in [1.165, 1.54) is 6.42 Å². The number of piperidine rings is 2. The molecule has 0 aliphatic carbocycles. The number of hydrogen-bond donors (Lipinski definition) is 0. The van der Waals surface area contributed by atoms with Crippen LogP contribution in [0.2, 0.25) is 5.02 Å². The summed E-state index contributed by atoms with van der Waals surface area (Å²) >= 11 is 6.23. The van der Waals surface area contributed by atoms with Gasteiger partial charge in [-0.05, 0) is 49.8 Å². The van der Waals surface area contributed by atoms with Crippen molar-refractivity contribution >= 4 is 17.5 Å². The van der Waals surface area contributed by atoms with E-state index in [0.717, 1.165) is 51.0 Å². The van der Waals surface area contributed by atoms with Crippen LogP contribution >= 0.6 is 11.6 Å². The molecule has 1 aromatic carbocycles. The van der Waals surface area contributed by atoms with Gasteiger partial charge in [0.25, 0.3) is 0 Å². The number of halogens is 1. The summed E-state index contributed by atoms with van der Waals surface area (Å²) in [7, 11) is 0. The van der Waals surface area contributed by atoms with Crippen LogP contribution in [-0.2, 0) is 11.3 Å². The summed E-state index contributed by atoms with van der Waals surface area (Å²) in [5.41, 5.74) is 0.991. The maximum absolute atomic E-state index is 13.1. The molecule has 1 aromatic heterocycles. The molecule has 6 nitrogen and oxygen atoms in total. The molecule has 29 heavy (non-hydrogen) atoms. The monoisotopic (exact) mass is 416 g/mol. The minimum Gasteiger partial charge on any atom is -0.342 e. The van der Waals surface area contributed by atoms with Crippen molar-refractivity contribution in [1.82, 2.24) is 19.9 Å². The molecule has 156 valence electrons. The highest BCUT2D eigenvalue weighted by molar-refractivity contribution is 6.33. The summed E-state index contributed by atoms with van der Waals surface area (Å²) in [6, 6.07) is 7.48. The number of likely N-dealkylation sites (tertiary alicyclic amines) is 2. The maximum atomic E-state index is 13.1. The SMILES string of the molecule is CC1(C)CCCN(C(=O)C2CCCN(Cc3nc(-c4ccccc4Cl)no3)C2)C1. The minimum absolute atomic E-state index is 0.0589. The number of aromatic nitrogens is 2. The van der Waals surface area contributed by atoms with Gasteiger partial charge in [-0.1, -0.05) is 42.7 Å². The highest BCUT2D eigenvalue weighted by Gasteiger charge is 2.34. The van der Waals surface area contributed by atoms with E-state index in [0.29, 0.717) is 29.2 Å². The lowest BCUT2D eigenvalue weighted by atomic mass is 9.83. The molecule has 2 saturated heterocycles. The van der Waals surface area contributed by atoms with Crippen LogP contribution in [0.15, 0.2) is 28.8 Å². The van der Waals surface area contributed by atoms with E-state index in [4.69, 9.17) is 16.1 Å². The lowest BCUT2D eigenvalue weighted by Gasteiger charge is -2.41. The van der Waals surface area contributed by atoms with Crippen molar-refractivity contribution in [3.05, 3.63) is 35.2 Å². The van der Waals surface area contributed by atoms with Crippen LogP contribution in [0.1, 0.15) is 45.4 Å². The lowest BCUT2D eigenvalue weighted by molar-refractivity contribution is -0.140. The first-order valence-electron chi connectivity index (χ1n) is 10.5.